The molecule has 0 unspecified atom stereocenters. The fourth-order valence-corrected chi connectivity index (χ4v) is 2.32. The van der Waals surface area contributed by atoms with Gasteiger partial charge in [-0.3, -0.25) is 9.59 Å². The maximum absolute atomic E-state index is 12.1. The summed E-state index contributed by atoms with van der Waals surface area (Å²) in [5, 5.41) is 2.73. The molecule has 2 aromatic heterocycles. The number of thioether (sulfide) groups is 1. The quantitative estimate of drug-likeness (QED) is 0.500. The van der Waals surface area contributed by atoms with Crippen molar-refractivity contribution in [3.05, 3.63) is 58.1 Å². The van der Waals surface area contributed by atoms with Gasteiger partial charge in [0.25, 0.3) is 11.8 Å². The molecule has 0 aliphatic heterocycles. The summed E-state index contributed by atoms with van der Waals surface area (Å²) >= 11 is 12.8. The van der Waals surface area contributed by atoms with E-state index in [2.05, 4.69) is 20.3 Å². The minimum atomic E-state index is -0.606. The Bertz CT molecular complexity index is 783. The Kier molecular flexibility index (Phi) is 6.09. The molecule has 0 spiro atoms. The van der Waals surface area contributed by atoms with Crippen LogP contribution in [0, 0.1) is 0 Å². The molecule has 0 aromatic carbocycles. The largest absolute Gasteiger partial charge is 0.301 e. The van der Waals surface area contributed by atoms with E-state index in [0.717, 1.165) is 11.8 Å². The third kappa shape index (κ3) is 4.51. The SMILES string of the molecule is CSC(=NC(=O)c1cccnc1Cl)NC(=O)c1cccnc1Cl. The van der Waals surface area contributed by atoms with Crippen LogP contribution >= 0.6 is 35.0 Å². The molecule has 0 bridgehead atoms. The molecule has 9 heteroatoms. The van der Waals surface area contributed by atoms with Crippen LogP contribution in [0.2, 0.25) is 10.3 Å². The van der Waals surface area contributed by atoms with Gasteiger partial charge in [0.15, 0.2) is 5.17 Å². The van der Waals surface area contributed by atoms with E-state index >= 15 is 0 Å². The molecule has 2 aromatic rings. The molecule has 0 radical (unpaired) electrons. The molecule has 2 heterocycles. The molecular weight excluding hydrogens is 359 g/mol. The number of carbonyl (C=O) groups is 2. The molecule has 0 saturated carbocycles. The van der Waals surface area contributed by atoms with E-state index in [1.807, 2.05) is 0 Å². The van der Waals surface area contributed by atoms with Crippen molar-refractivity contribution in [1.29, 1.82) is 0 Å². The molecule has 1 N–H and O–H groups in total. The number of aliphatic imine (C=N–C) groups is 1. The summed E-state index contributed by atoms with van der Waals surface area (Å²) in [7, 11) is 0. The van der Waals surface area contributed by atoms with Crippen LogP contribution in [0.3, 0.4) is 0 Å². The minimum absolute atomic E-state index is 0.0448. The third-order valence-corrected chi connectivity index (χ3v) is 3.79. The fraction of sp³-hybridized carbons (Fsp3) is 0.0714. The molecule has 0 atom stereocenters. The van der Waals surface area contributed by atoms with Crippen LogP contribution in [-0.4, -0.2) is 33.2 Å². The molecule has 2 rings (SSSR count). The van der Waals surface area contributed by atoms with Gasteiger partial charge in [0.2, 0.25) is 0 Å². The van der Waals surface area contributed by atoms with Crippen molar-refractivity contribution in [3.8, 4) is 0 Å². The number of aromatic nitrogens is 2. The summed E-state index contributed by atoms with van der Waals surface area (Å²) < 4.78 is 0. The molecule has 2 amide bonds. The molecule has 0 saturated heterocycles. The smallest absolute Gasteiger partial charge is 0.282 e. The maximum atomic E-state index is 12.1. The molecule has 0 aliphatic carbocycles. The first-order chi connectivity index (χ1) is 11.0. The Morgan fingerprint density at radius 2 is 1.65 bits per heavy atom. The predicted octanol–water partition coefficient (Wildman–Crippen LogP) is 3.07. The zero-order valence-corrected chi connectivity index (χ0v) is 14.1. The van der Waals surface area contributed by atoms with Crippen LogP contribution in [-0.2, 0) is 0 Å². The van der Waals surface area contributed by atoms with Gasteiger partial charge in [0.1, 0.15) is 10.3 Å². The average Bonchev–Trinajstić information content (AvgIpc) is 2.54. The normalized spacial score (nSPS) is 11.2. The van der Waals surface area contributed by atoms with E-state index in [1.54, 1.807) is 18.4 Å². The van der Waals surface area contributed by atoms with Gasteiger partial charge in [-0.05, 0) is 30.5 Å². The van der Waals surface area contributed by atoms with Gasteiger partial charge in [-0.1, -0.05) is 35.0 Å². The molecular formula is C14H10Cl2N4O2S. The number of nitrogens with zero attached hydrogens (tertiary/aromatic N) is 3. The molecule has 0 fully saturated rings. The Labute approximate surface area is 146 Å². The zero-order valence-electron chi connectivity index (χ0n) is 11.8. The summed E-state index contributed by atoms with van der Waals surface area (Å²) in [6.07, 6.45) is 4.60. The lowest BCUT2D eigenvalue weighted by molar-refractivity contribution is 0.0977. The molecule has 23 heavy (non-hydrogen) atoms. The first-order valence-corrected chi connectivity index (χ1v) is 8.20. The summed E-state index contributed by atoms with van der Waals surface area (Å²) in [6, 6.07) is 6.17. The van der Waals surface area contributed by atoms with Gasteiger partial charge < -0.3 is 5.32 Å². The number of amides is 2. The molecule has 6 nitrogen and oxygen atoms in total. The number of nitrogens with one attached hydrogen (secondary N) is 1. The van der Waals surface area contributed by atoms with Crippen molar-refractivity contribution >= 4 is 51.9 Å². The van der Waals surface area contributed by atoms with Crippen molar-refractivity contribution in [2.75, 3.05) is 6.26 Å². The van der Waals surface area contributed by atoms with E-state index in [1.165, 1.54) is 24.5 Å². The van der Waals surface area contributed by atoms with Gasteiger partial charge in [-0.15, -0.1) is 0 Å². The van der Waals surface area contributed by atoms with Crippen molar-refractivity contribution in [3.63, 3.8) is 0 Å². The van der Waals surface area contributed by atoms with Gasteiger partial charge in [0, 0.05) is 12.4 Å². The van der Waals surface area contributed by atoms with E-state index in [4.69, 9.17) is 23.2 Å². The highest BCUT2D eigenvalue weighted by molar-refractivity contribution is 8.13. The maximum Gasteiger partial charge on any atom is 0.282 e. The van der Waals surface area contributed by atoms with Gasteiger partial charge in [0.05, 0.1) is 11.1 Å². The first kappa shape index (κ1) is 17.4. The fourth-order valence-electron chi connectivity index (χ4n) is 1.54. The average molecular weight is 369 g/mol. The number of hydrogen-bond acceptors (Lipinski definition) is 5. The van der Waals surface area contributed by atoms with Crippen LogP contribution in [0.1, 0.15) is 20.7 Å². The second-order valence-electron chi connectivity index (χ2n) is 4.06. The van der Waals surface area contributed by atoms with Gasteiger partial charge in [-0.2, -0.15) is 4.99 Å². The Hall–Kier alpha value is -1.96. The standard InChI is InChI=1S/C14H10Cl2N4O2S/c1-23-14(19-12(21)8-4-2-6-17-10(8)15)20-13(22)9-5-3-7-18-11(9)16/h2-7H,1H3,(H,19,20,21,22). The van der Waals surface area contributed by atoms with Crippen molar-refractivity contribution in [1.82, 2.24) is 15.3 Å². The first-order valence-electron chi connectivity index (χ1n) is 6.22. The molecule has 118 valence electrons. The molecule has 0 aliphatic rings. The van der Waals surface area contributed by atoms with Gasteiger partial charge in [-0.25, -0.2) is 9.97 Å². The topological polar surface area (TPSA) is 84.3 Å². The number of carbonyl (C=O) groups excluding carboxylic acids is 2. The third-order valence-electron chi connectivity index (χ3n) is 2.61. The van der Waals surface area contributed by atoms with Crippen LogP contribution in [0.5, 0.6) is 0 Å². The lowest BCUT2D eigenvalue weighted by Crippen LogP contribution is -2.29. The number of rotatable bonds is 2. The van der Waals surface area contributed by atoms with Crippen molar-refractivity contribution in [2.24, 2.45) is 4.99 Å². The lowest BCUT2D eigenvalue weighted by Gasteiger charge is -2.07. The van der Waals surface area contributed by atoms with E-state index < -0.39 is 11.8 Å². The number of amidine groups is 1. The highest BCUT2D eigenvalue weighted by Gasteiger charge is 2.15. The summed E-state index contributed by atoms with van der Waals surface area (Å²) in [6.45, 7) is 0. The zero-order chi connectivity index (χ0) is 16.8. The van der Waals surface area contributed by atoms with Crippen molar-refractivity contribution in [2.45, 2.75) is 0 Å². The highest BCUT2D eigenvalue weighted by Crippen LogP contribution is 2.14. The Balaban J connectivity index is 2.20. The van der Waals surface area contributed by atoms with Crippen LogP contribution in [0.15, 0.2) is 41.7 Å². The number of hydrogen-bond donors (Lipinski definition) is 1. The van der Waals surface area contributed by atoms with E-state index in [9.17, 15) is 9.59 Å². The number of halogens is 2. The second kappa shape index (κ2) is 8.05. The summed E-state index contributed by atoms with van der Waals surface area (Å²) in [5.41, 5.74) is 0.331. The summed E-state index contributed by atoms with van der Waals surface area (Å²) in [5.74, 6) is -1.12. The van der Waals surface area contributed by atoms with Crippen LogP contribution < -0.4 is 5.32 Å². The Morgan fingerprint density at radius 3 is 2.17 bits per heavy atom. The predicted molar refractivity (Wildman–Crippen MR) is 91.2 cm³/mol. The minimum Gasteiger partial charge on any atom is -0.301 e. The monoisotopic (exact) mass is 368 g/mol. The lowest BCUT2D eigenvalue weighted by atomic mass is 10.3. The second-order valence-corrected chi connectivity index (χ2v) is 5.57. The van der Waals surface area contributed by atoms with E-state index in [0.29, 0.717) is 0 Å². The highest BCUT2D eigenvalue weighted by atomic mass is 35.5. The van der Waals surface area contributed by atoms with Gasteiger partial charge >= 0.3 is 0 Å². The van der Waals surface area contributed by atoms with Crippen molar-refractivity contribution < 1.29 is 9.59 Å². The summed E-state index contributed by atoms with van der Waals surface area (Å²) in [4.78, 5) is 35.7. The Morgan fingerprint density at radius 1 is 1.09 bits per heavy atom. The van der Waals surface area contributed by atoms with E-state index in [-0.39, 0.29) is 26.6 Å². The van der Waals surface area contributed by atoms with Crippen LogP contribution in [0.4, 0.5) is 0 Å². The van der Waals surface area contributed by atoms with Crippen LogP contribution in [0.25, 0.3) is 0 Å². The number of pyridine rings is 2.